The topological polar surface area (TPSA) is 44.8 Å². The van der Waals surface area contributed by atoms with Crippen molar-refractivity contribution in [2.24, 2.45) is 11.8 Å². The van der Waals surface area contributed by atoms with Gasteiger partial charge in [0.1, 0.15) is 0 Å². The van der Waals surface area contributed by atoms with Crippen LogP contribution in [0, 0.1) is 11.8 Å². The number of methoxy groups -OCH3 is 1. The molecular formula is C13H20O4. The zero-order valence-electron chi connectivity index (χ0n) is 10.7. The van der Waals surface area contributed by atoms with Crippen LogP contribution in [0.1, 0.15) is 26.7 Å². The SMILES string of the molecule is C=C1C[C@@H]([C@H]2COC(C)(C)O2)[C@H](C(=O)OC)C1. The second-order valence-corrected chi connectivity index (χ2v) is 5.32. The molecule has 2 aliphatic rings. The molecule has 4 heteroatoms. The lowest BCUT2D eigenvalue weighted by Crippen LogP contribution is -2.32. The number of hydrogen-bond acceptors (Lipinski definition) is 4. The summed E-state index contributed by atoms with van der Waals surface area (Å²) in [7, 11) is 1.43. The molecular weight excluding hydrogens is 220 g/mol. The fraction of sp³-hybridized carbons (Fsp3) is 0.769. The molecule has 4 nitrogen and oxygen atoms in total. The average molecular weight is 240 g/mol. The first-order chi connectivity index (χ1) is 7.93. The Morgan fingerprint density at radius 2 is 2.18 bits per heavy atom. The van der Waals surface area contributed by atoms with E-state index in [0.29, 0.717) is 13.0 Å². The van der Waals surface area contributed by atoms with Gasteiger partial charge >= 0.3 is 5.97 Å². The minimum absolute atomic E-state index is 0.0339. The van der Waals surface area contributed by atoms with E-state index in [0.717, 1.165) is 12.0 Å². The molecule has 1 aliphatic carbocycles. The van der Waals surface area contributed by atoms with Crippen LogP contribution < -0.4 is 0 Å². The Kier molecular flexibility index (Phi) is 3.27. The van der Waals surface area contributed by atoms with E-state index in [1.165, 1.54) is 7.11 Å². The molecule has 1 saturated carbocycles. The van der Waals surface area contributed by atoms with Crippen LogP contribution in [0.3, 0.4) is 0 Å². The van der Waals surface area contributed by atoms with E-state index in [2.05, 4.69) is 6.58 Å². The van der Waals surface area contributed by atoms with E-state index in [1.54, 1.807) is 0 Å². The maximum atomic E-state index is 11.7. The first-order valence-electron chi connectivity index (χ1n) is 5.99. The van der Waals surface area contributed by atoms with Gasteiger partial charge in [0, 0.05) is 5.92 Å². The molecule has 3 atom stereocenters. The summed E-state index contributed by atoms with van der Waals surface area (Å²) in [5.74, 6) is -0.705. The normalized spacial score (nSPS) is 36.2. The number of carbonyl (C=O) groups is 1. The van der Waals surface area contributed by atoms with Gasteiger partial charge in [-0.05, 0) is 26.7 Å². The number of esters is 1. The molecule has 96 valence electrons. The van der Waals surface area contributed by atoms with Crippen molar-refractivity contribution in [3.8, 4) is 0 Å². The molecule has 1 heterocycles. The smallest absolute Gasteiger partial charge is 0.309 e. The molecule has 0 amide bonds. The average Bonchev–Trinajstić information content (AvgIpc) is 2.80. The fourth-order valence-corrected chi connectivity index (χ4v) is 2.75. The Hall–Kier alpha value is -0.870. The van der Waals surface area contributed by atoms with Gasteiger partial charge < -0.3 is 14.2 Å². The van der Waals surface area contributed by atoms with Gasteiger partial charge in [0.25, 0.3) is 0 Å². The van der Waals surface area contributed by atoms with Gasteiger partial charge in [-0.1, -0.05) is 12.2 Å². The zero-order chi connectivity index (χ0) is 12.6. The van der Waals surface area contributed by atoms with Crippen molar-refractivity contribution in [3.05, 3.63) is 12.2 Å². The predicted octanol–water partition coefficient (Wildman–Crippen LogP) is 1.89. The van der Waals surface area contributed by atoms with Crippen molar-refractivity contribution in [2.75, 3.05) is 13.7 Å². The second-order valence-electron chi connectivity index (χ2n) is 5.32. The lowest BCUT2D eigenvalue weighted by molar-refractivity contribution is -0.157. The summed E-state index contributed by atoms with van der Waals surface area (Å²) in [6.45, 7) is 8.30. The number of hydrogen-bond donors (Lipinski definition) is 0. The largest absolute Gasteiger partial charge is 0.469 e. The summed E-state index contributed by atoms with van der Waals surface area (Å²) in [6, 6.07) is 0. The van der Waals surface area contributed by atoms with Crippen molar-refractivity contribution in [3.63, 3.8) is 0 Å². The molecule has 0 aromatic rings. The van der Waals surface area contributed by atoms with Gasteiger partial charge in [0.15, 0.2) is 5.79 Å². The maximum absolute atomic E-state index is 11.7. The number of carbonyl (C=O) groups excluding carboxylic acids is 1. The van der Waals surface area contributed by atoms with Crippen LogP contribution in [0.4, 0.5) is 0 Å². The summed E-state index contributed by atoms with van der Waals surface area (Å²) in [6.07, 6.45) is 1.50. The van der Waals surface area contributed by atoms with Crippen molar-refractivity contribution < 1.29 is 19.0 Å². The fourth-order valence-electron chi connectivity index (χ4n) is 2.75. The molecule has 0 bridgehead atoms. The Morgan fingerprint density at radius 1 is 1.47 bits per heavy atom. The minimum Gasteiger partial charge on any atom is -0.469 e. The van der Waals surface area contributed by atoms with E-state index in [1.807, 2.05) is 13.8 Å². The van der Waals surface area contributed by atoms with E-state index < -0.39 is 5.79 Å². The van der Waals surface area contributed by atoms with Crippen LogP contribution >= 0.6 is 0 Å². The van der Waals surface area contributed by atoms with Gasteiger partial charge in [-0.2, -0.15) is 0 Å². The van der Waals surface area contributed by atoms with Gasteiger partial charge in [-0.3, -0.25) is 4.79 Å². The standard InChI is InChI=1S/C13H20O4/c1-8-5-9(10(6-8)12(14)15-4)11-7-16-13(2,3)17-11/h9-11H,1,5-7H2,2-4H3/t9-,10-,11-/m1/s1. The van der Waals surface area contributed by atoms with Gasteiger partial charge in [0.2, 0.25) is 0 Å². The summed E-state index contributed by atoms with van der Waals surface area (Å²) < 4.78 is 16.2. The minimum atomic E-state index is -0.546. The van der Waals surface area contributed by atoms with Crippen LogP contribution in [-0.2, 0) is 19.0 Å². The monoisotopic (exact) mass is 240 g/mol. The Morgan fingerprint density at radius 3 is 2.71 bits per heavy atom. The van der Waals surface area contributed by atoms with E-state index in [9.17, 15) is 4.79 Å². The maximum Gasteiger partial charge on any atom is 0.309 e. The zero-order valence-corrected chi connectivity index (χ0v) is 10.7. The predicted molar refractivity (Wildman–Crippen MR) is 62.3 cm³/mol. The number of allylic oxidation sites excluding steroid dienone is 1. The molecule has 2 fully saturated rings. The summed E-state index contributed by atoms with van der Waals surface area (Å²) >= 11 is 0. The number of ether oxygens (including phenoxy) is 3. The van der Waals surface area contributed by atoms with Crippen LogP contribution in [0.2, 0.25) is 0 Å². The lowest BCUT2D eigenvalue weighted by atomic mass is 9.91. The van der Waals surface area contributed by atoms with Gasteiger partial charge in [-0.25, -0.2) is 0 Å². The first-order valence-corrected chi connectivity index (χ1v) is 5.99. The lowest BCUT2D eigenvalue weighted by Gasteiger charge is -2.24. The highest BCUT2D eigenvalue weighted by molar-refractivity contribution is 5.73. The molecule has 0 radical (unpaired) electrons. The molecule has 0 N–H and O–H groups in total. The van der Waals surface area contributed by atoms with E-state index in [-0.39, 0.29) is 23.9 Å². The third-order valence-electron chi connectivity index (χ3n) is 3.56. The summed E-state index contributed by atoms with van der Waals surface area (Å²) in [5, 5.41) is 0. The second kappa shape index (κ2) is 4.42. The van der Waals surface area contributed by atoms with Crippen molar-refractivity contribution in [1.82, 2.24) is 0 Å². The van der Waals surface area contributed by atoms with Crippen LogP contribution in [0.5, 0.6) is 0 Å². The third-order valence-corrected chi connectivity index (χ3v) is 3.56. The summed E-state index contributed by atoms with van der Waals surface area (Å²) in [5.41, 5.74) is 1.10. The molecule has 1 aliphatic heterocycles. The highest BCUT2D eigenvalue weighted by Gasteiger charge is 2.46. The van der Waals surface area contributed by atoms with Gasteiger partial charge in [0.05, 0.1) is 25.7 Å². The molecule has 2 rings (SSSR count). The van der Waals surface area contributed by atoms with E-state index >= 15 is 0 Å². The van der Waals surface area contributed by atoms with Gasteiger partial charge in [-0.15, -0.1) is 0 Å². The van der Waals surface area contributed by atoms with Crippen LogP contribution in [-0.4, -0.2) is 31.6 Å². The summed E-state index contributed by atoms with van der Waals surface area (Å²) in [4.78, 5) is 11.7. The molecule has 1 saturated heterocycles. The molecule has 0 aromatic carbocycles. The van der Waals surface area contributed by atoms with Crippen molar-refractivity contribution in [1.29, 1.82) is 0 Å². The molecule has 0 unspecified atom stereocenters. The van der Waals surface area contributed by atoms with Crippen LogP contribution in [0.15, 0.2) is 12.2 Å². The molecule has 0 spiro atoms. The Bertz CT molecular complexity index is 334. The first kappa shape index (κ1) is 12.6. The number of rotatable bonds is 2. The quantitative estimate of drug-likeness (QED) is 0.546. The molecule has 17 heavy (non-hydrogen) atoms. The molecule has 0 aromatic heterocycles. The highest BCUT2D eigenvalue weighted by Crippen LogP contribution is 2.42. The van der Waals surface area contributed by atoms with Crippen LogP contribution in [0.25, 0.3) is 0 Å². The van der Waals surface area contributed by atoms with Crippen molar-refractivity contribution >= 4 is 5.97 Å². The third kappa shape index (κ3) is 2.53. The Balaban J connectivity index is 2.09. The highest BCUT2D eigenvalue weighted by atomic mass is 16.7. The Labute approximate surface area is 102 Å². The van der Waals surface area contributed by atoms with E-state index in [4.69, 9.17) is 14.2 Å². The van der Waals surface area contributed by atoms with Crippen molar-refractivity contribution in [2.45, 2.75) is 38.6 Å².